The molecular weight excluding hydrogens is 387 g/mol. The molecule has 0 atom stereocenters. The Morgan fingerprint density at radius 3 is 2.48 bits per heavy atom. The molecule has 1 aromatic heterocycles. The highest BCUT2D eigenvalue weighted by atomic mass is 35.5. The van der Waals surface area contributed by atoms with Gasteiger partial charge in [0.15, 0.2) is 10.8 Å². The van der Waals surface area contributed by atoms with Gasteiger partial charge in [-0.05, 0) is 43.7 Å². The van der Waals surface area contributed by atoms with Crippen LogP contribution in [0.25, 0.3) is 0 Å². The molecular formula is C16H15Cl3N4O2. The number of hydrogen-bond acceptors (Lipinski definition) is 5. The number of anilines is 1. The number of rotatable bonds is 5. The maximum Gasteiger partial charge on any atom is 0.291 e. The molecule has 9 heteroatoms. The summed E-state index contributed by atoms with van der Waals surface area (Å²) < 4.78 is 5.54. The summed E-state index contributed by atoms with van der Waals surface area (Å²) in [6.07, 6.45) is 1.56. The Balaban J connectivity index is 2.06. The fourth-order valence-corrected chi connectivity index (χ4v) is 2.40. The fraction of sp³-hybridized carbons (Fsp3) is 0.188. The van der Waals surface area contributed by atoms with Crippen LogP contribution in [0.15, 0.2) is 29.4 Å². The summed E-state index contributed by atoms with van der Waals surface area (Å²) in [4.78, 5) is 15.9. The van der Waals surface area contributed by atoms with E-state index in [0.29, 0.717) is 0 Å². The van der Waals surface area contributed by atoms with Crippen molar-refractivity contribution in [1.29, 1.82) is 0 Å². The van der Waals surface area contributed by atoms with E-state index < -0.39 is 5.91 Å². The number of pyridine rings is 1. The lowest BCUT2D eigenvalue weighted by Gasteiger charge is -2.09. The molecule has 2 rings (SSSR count). The lowest BCUT2D eigenvalue weighted by Crippen LogP contribution is -2.20. The van der Waals surface area contributed by atoms with Gasteiger partial charge in [0.25, 0.3) is 5.91 Å². The number of hydrogen-bond donors (Lipinski definition) is 2. The molecule has 0 spiro atoms. The van der Waals surface area contributed by atoms with Gasteiger partial charge in [0.2, 0.25) is 0 Å². The van der Waals surface area contributed by atoms with Crippen molar-refractivity contribution in [3.63, 3.8) is 0 Å². The molecule has 3 N–H and O–H groups in total. The van der Waals surface area contributed by atoms with E-state index in [-0.39, 0.29) is 32.7 Å². The number of ether oxygens (including phenoxy) is 1. The molecule has 0 saturated heterocycles. The molecule has 132 valence electrons. The lowest BCUT2D eigenvalue weighted by molar-refractivity contribution is 0.0950. The van der Waals surface area contributed by atoms with E-state index in [1.54, 1.807) is 24.3 Å². The molecule has 0 bridgehead atoms. The SMILES string of the molecule is CC(C)Oc1ccc(/C=N/NC(=O)c2nc(Cl)c(Cl)c(N)c2Cl)cc1. The molecule has 0 radical (unpaired) electrons. The number of benzene rings is 1. The van der Waals surface area contributed by atoms with E-state index in [1.807, 2.05) is 13.8 Å². The monoisotopic (exact) mass is 400 g/mol. The smallest absolute Gasteiger partial charge is 0.291 e. The molecule has 25 heavy (non-hydrogen) atoms. The van der Waals surface area contributed by atoms with Crippen LogP contribution in [0.4, 0.5) is 5.69 Å². The summed E-state index contributed by atoms with van der Waals surface area (Å²) >= 11 is 17.6. The minimum Gasteiger partial charge on any atom is -0.491 e. The Morgan fingerprint density at radius 1 is 1.24 bits per heavy atom. The lowest BCUT2D eigenvalue weighted by atomic mass is 10.2. The number of nitrogens with one attached hydrogen (secondary N) is 1. The van der Waals surface area contributed by atoms with Gasteiger partial charge >= 0.3 is 0 Å². The maximum absolute atomic E-state index is 12.1. The zero-order chi connectivity index (χ0) is 18.6. The second-order valence-electron chi connectivity index (χ2n) is 5.23. The van der Waals surface area contributed by atoms with Crippen LogP contribution in [0.5, 0.6) is 5.75 Å². The van der Waals surface area contributed by atoms with Crippen LogP contribution in [0.3, 0.4) is 0 Å². The van der Waals surface area contributed by atoms with Gasteiger partial charge in [-0.15, -0.1) is 0 Å². The highest BCUT2D eigenvalue weighted by molar-refractivity contribution is 6.46. The van der Waals surface area contributed by atoms with Crippen LogP contribution >= 0.6 is 34.8 Å². The Kier molecular flexibility index (Phi) is 6.47. The third kappa shape index (κ3) is 4.98. The van der Waals surface area contributed by atoms with Crippen LogP contribution < -0.4 is 15.9 Å². The van der Waals surface area contributed by atoms with Gasteiger partial charge in [-0.1, -0.05) is 34.8 Å². The highest BCUT2D eigenvalue weighted by Gasteiger charge is 2.19. The number of nitrogen functional groups attached to an aromatic ring is 1. The van der Waals surface area contributed by atoms with Crippen molar-refractivity contribution in [3.8, 4) is 5.75 Å². The molecule has 0 aliphatic rings. The zero-order valence-electron chi connectivity index (χ0n) is 13.4. The Hall–Kier alpha value is -2.02. The average Bonchev–Trinajstić information content (AvgIpc) is 2.57. The average molecular weight is 402 g/mol. The van der Waals surface area contributed by atoms with Crippen LogP contribution in [-0.4, -0.2) is 23.2 Å². The van der Waals surface area contributed by atoms with E-state index in [9.17, 15) is 4.79 Å². The normalized spacial score (nSPS) is 11.1. The van der Waals surface area contributed by atoms with Crippen molar-refractivity contribution >= 4 is 52.6 Å². The van der Waals surface area contributed by atoms with Crippen molar-refractivity contribution in [1.82, 2.24) is 10.4 Å². The number of carbonyl (C=O) groups excluding carboxylic acids is 1. The van der Waals surface area contributed by atoms with E-state index in [1.165, 1.54) is 6.21 Å². The fourth-order valence-electron chi connectivity index (χ4n) is 1.80. The molecule has 0 saturated carbocycles. The van der Waals surface area contributed by atoms with Crippen molar-refractivity contribution < 1.29 is 9.53 Å². The molecule has 0 aliphatic carbocycles. The zero-order valence-corrected chi connectivity index (χ0v) is 15.7. The van der Waals surface area contributed by atoms with Crippen LogP contribution in [0.2, 0.25) is 15.2 Å². The summed E-state index contributed by atoms with van der Waals surface area (Å²) in [5.74, 6) is 0.0877. The molecule has 1 aromatic carbocycles. The first-order valence-corrected chi connectivity index (χ1v) is 8.33. The molecule has 0 unspecified atom stereocenters. The molecule has 0 fully saturated rings. The Morgan fingerprint density at radius 2 is 1.88 bits per heavy atom. The topological polar surface area (TPSA) is 89.6 Å². The van der Waals surface area contributed by atoms with Crippen molar-refractivity contribution in [2.24, 2.45) is 5.10 Å². The third-order valence-electron chi connectivity index (χ3n) is 2.92. The number of amides is 1. The number of nitrogens with two attached hydrogens (primary N) is 1. The van der Waals surface area contributed by atoms with Gasteiger partial charge in [-0.25, -0.2) is 10.4 Å². The van der Waals surface area contributed by atoms with E-state index in [0.717, 1.165) is 11.3 Å². The number of carbonyl (C=O) groups is 1. The predicted molar refractivity (Wildman–Crippen MR) is 101 cm³/mol. The second-order valence-corrected chi connectivity index (χ2v) is 6.34. The molecule has 6 nitrogen and oxygen atoms in total. The van der Waals surface area contributed by atoms with E-state index >= 15 is 0 Å². The van der Waals surface area contributed by atoms with E-state index in [2.05, 4.69) is 15.5 Å². The van der Waals surface area contributed by atoms with Gasteiger partial charge in [-0.2, -0.15) is 5.10 Å². The van der Waals surface area contributed by atoms with Crippen LogP contribution in [-0.2, 0) is 0 Å². The summed E-state index contributed by atoms with van der Waals surface area (Å²) in [6.45, 7) is 3.89. The summed E-state index contributed by atoms with van der Waals surface area (Å²) in [6, 6.07) is 7.22. The number of nitrogens with zero attached hydrogens (tertiary/aromatic N) is 2. The third-order valence-corrected chi connectivity index (χ3v) is 4.05. The highest BCUT2D eigenvalue weighted by Crippen LogP contribution is 2.34. The van der Waals surface area contributed by atoms with Gasteiger partial charge in [0.05, 0.1) is 23.0 Å². The quantitative estimate of drug-likeness (QED) is 0.447. The number of aromatic nitrogens is 1. The summed E-state index contributed by atoms with van der Waals surface area (Å²) in [7, 11) is 0. The van der Waals surface area contributed by atoms with Gasteiger partial charge in [0, 0.05) is 0 Å². The maximum atomic E-state index is 12.1. The molecule has 2 aromatic rings. The minimum absolute atomic E-state index is 0.00424. The largest absolute Gasteiger partial charge is 0.491 e. The Labute approximate surface area is 159 Å². The van der Waals surface area contributed by atoms with E-state index in [4.69, 9.17) is 45.3 Å². The standard InChI is InChI=1S/C16H15Cl3N4O2/c1-8(2)25-10-5-3-9(4-6-10)7-21-23-16(24)14-11(17)13(20)12(18)15(19)22-14/h3-8H,1-2H3,(H2,20,22)(H,23,24)/b21-7+. The first kappa shape index (κ1) is 19.3. The van der Waals surface area contributed by atoms with Gasteiger partial charge in [-0.3, -0.25) is 4.79 Å². The predicted octanol–water partition coefficient (Wildman–Crippen LogP) is 4.18. The molecule has 1 heterocycles. The van der Waals surface area contributed by atoms with Gasteiger partial charge < -0.3 is 10.5 Å². The van der Waals surface area contributed by atoms with Crippen LogP contribution in [0, 0.1) is 0 Å². The molecule has 0 aliphatic heterocycles. The Bertz CT molecular complexity index is 808. The first-order chi connectivity index (χ1) is 11.8. The van der Waals surface area contributed by atoms with Crippen molar-refractivity contribution in [2.45, 2.75) is 20.0 Å². The van der Waals surface area contributed by atoms with Crippen molar-refractivity contribution in [2.75, 3.05) is 5.73 Å². The molecule has 1 amide bonds. The first-order valence-electron chi connectivity index (χ1n) is 7.19. The number of halogens is 3. The van der Waals surface area contributed by atoms with Gasteiger partial charge in [0.1, 0.15) is 10.8 Å². The second kappa shape index (κ2) is 8.38. The van der Waals surface area contributed by atoms with Crippen molar-refractivity contribution in [3.05, 3.63) is 50.7 Å². The summed E-state index contributed by atoms with van der Waals surface area (Å²) in [5.41, 5.74) is 8.57. The minimum atomic E-state index is -0.661. The number of hydrazone groups is 1. The van der Waals surface area contributed by atoms with Crippen LogP contribution in [0.1, 0.15) is 29.9 Å². The summed E-state index contributed by atoms with van der Waals surface area (Å²) in [5, 5.41) is 3.65.